The third-order valence-electron chi connectivity index (χ3n) is 10.3. The number of fused-ring (bicyclic) bond motifs is 3. The fourth-order valence-corrected chi connectivity index (χ4v) is 12.3. The van der Waals surface area contributed by atoms with Gasteiger partial charge in [-0.1, -0.05) is 93.6 Å². The molecule has 1 unspecified atom stereocenters. The quantitative estimate of drug-likeness (QED) is 0.165. The first-order chi connectivity index (χ1) is 25.0. The Morgan fingerprint density at radius 2 is 1.51 bits per heavy atom. The third kappa shape index (κ3) is 7.61. The van der Waals surface area contributed by atoms with Crippen LogP contribution in [0.3, 0.4) is 0 Å². The zero-order chi connectivity index (χ0) is 38.3. The van der Waals surface area contributed by atoms with Crippen molar-refractivity contribution in [3.05, 3.63) is 107 Å². The predicted octanol–water partition coefficient (Wildman–Crippen LogP) is 7.50. The van der Waals surface area contributed by atoms with E-state index in [0.717, 1.165) is 21.6 Å². The zero-order valence-electron chi connectivity index (χ0n) is 31.8. The van der Waals surface area contributed by atoms with Crippen molar-refractivity contribution in [1.82, 2.24) is 19.6 Å². The van der Waals surface area contributed by atoms with Crippen LogP contribution in [0.2, 0.25) is 5.04 Å². The molecule has 2 amide bonds. The molecule has 0 spiro atoms. The van der Waals surface area contributed by atoms with Gasteiger partial charge >= 0.3 is 12.7 Å². The smallest absolute Gasteiger partial charge is 0.410 e. The first-order valence-electron chi connectivity index (χ1n) is 18.2. The van der Waals surface area contributed by atoms with E-state index in [9.17, 15) is 18.4 Å². The lowest BCUT2D eigenvalue weighted by molar-refractivity contribution is -0.0498. The van der Waals surface area contributed by atoms with E-state index < -0.39 is 32.7 Å². The van der Waals surface area contributed by atoms with Gasteiger partial charge in [0, 0.05) is 24.6 Å². The van der Waals surface area contributed by atoms with Crippen LogP contribution in [0.1, 0.15) is 94.8 Å². The molecule has 3 aromatic carbocycles. The molecule has 0 radical (unpaired) electrons. The maximum Gasteiger partial charge on any atom is 0.410 e. The van der Waals surface area contributed by atoms with Crippen molar-refractivity contribution in [3.63, 3.8) is 0 Å². The Balaban J connectivity index is 1.43. The van der Waals surface area contributed by atoms with E-state index in [1.54, 1.807) is 21.9 Å². The number of halogens is 2. The van der Waals surface area contributed by atoms with Crippen molar-refractivity contribution in [2.75, 3.05) is 13.2 Å². The summed E-state index contributed by atoms with van der Waals surface area (Å²) in [6.07, 6.45) is 0.0208. The molecule has 0 saturated heterocycles. The largest absolute Gasteiger partial charge is 0.444 e. The van der Waals surface area contributed by atoms with Crippen LogP contribution in [0, 0.1) is 0 Å². The number of rotatable bonds is 9. The van der Waals surface area contributed by atoms with Crippen LogP contribution in [0.5, 0.6) is 5.75 Å². The minimum atomic E-state index is -2.96. The topological polar surface area (TPSA) is 86.1 Å². The molecule has 0 aliphatic carbocycles. The molecule has 53 heavy (non-hydrogen) atoms. The summed E-state index contributed by atoms with van der Waals surface area (Å²) in [6.45, 7) is 13.9. The highest BCUT2D eigenvalue weighted by Gasteiger charge is 2.51. The normalized spacial score (nSPS) is 18.4. The Morgan fingerprint density at radius 3 is 2.04 bits per heavy atom. The third-order valence-corrected chi connectivity index (χ3v) is 15.3. The minimum absolute atomic E-state index is 0.0426. The van der Waals surface area contributed by atoms with E-state index in [-0.39, 0.29) is 41.9 Å². The number of nitrogens with zero attached hydrogens (tertiary/aromatic N) is 4. The van der Waals surface area contributed by atoms with Crippen LogP contribution in [-0.2, 0) is 22.1 Å². The van der Waals surface area contributed by atoms with Crippen molar-refractivity contribution in [1.29, 1.82) is 0 Å². The summed E-state index contributed by atoms with van der Waals surface area (Å²) in [4.78, 5) is 31.6. The molecule has 0 fully saturated rings. The Kier molecular flexibility index (Phi) is 10.6. The average Bonchev–Trinajstić information content (AvgIpc) is 3.47. The molecule has 1 aromatic heterocycles. The molecule has 3 heterocycles. The summed E-state index contributed by atoms with van der Waals surface area (Å²) in [6, 6.07) is 26.2. The molecular weight excluding hydrogens is 695 g/mol. The summed E-state index contributed by atoms with van der Waals surface area (Å²) in [7, 11) is -2.96. The van der Waals surface area contributed by atoms with E-state index >= 15 is 0 Å². The lowest BCUT2D eigenvalue weighted by Crippen LogP contribution is -2.67. The van der Waals surface area contributed by atoms with Crippen LogP contribution in [0.4, 0.5) is 13.6 Å². The predicted molar refractivity (Wildman–Crippen MR) is 202 cm³/mol. The second kappa shape index (κ2) is 14.7. The van der Waals surface area contributed by atoms with Gasteiger partial charge in [-0.25, -0.2) is 4.79 Å². The summed E-state index contributed by atoms with van der Waals surface area (Å²) >= 11 is 0. The number of hydrogen-bond donors (Lipinski definition) is 0. The lowest BCUT2D eigenvalue weighted by Gasteiger charge is -2.45. The van der Waals surface area contributed by atoms with Gasteiger partial charge in [-0.3, -0.25) is 9.48 Å². The zero-order valence-corrected chi connectivity index (χ0v) is 32.8. The Bertz CT molecular complexity index is 1870. The number of carbonyl (C=O) groups is 2. The highest BCUT2D eigenvalue weighted by Crippen LogP contribution is 2.40. The van der Waals surface area contributed by atoms with Crippen molar-refractivity contribution in [2.24, 2.45) is 0 Å². The fraction of sp³-hybridized carbons (Fsp3) is 0.439. The first-order valence-corrected chi connectivity index (χ1v) is 20.1. The van der Waals surface area contributed by atoms with Crippen LogP contribution in [0.25, 0.3) is 0 Å². The van der Waals surface area contributed by atoms with Crippen LogP contribution < -0.4 is 15.1 Å². The Hall–Kier alpha value is -4.55. The van der Waals surface area contributed by atoms with Gasteiger partial charge in [0.15, 0.2) is 0 Å². The Morgan fingerprint density at radius 1 is 0.925 bits per heavy atom. The van der Waals surface area contributed by atoms with Gasteiger partial charge in [-0.05, 0) is 67.7 Å². The average molecular weight is 745 g/mol. The molecule has 3 atom stereocenters. The van der Waals surface area contributed by atoms with Crippen molar-refractivity contribution < 1.29 is 32.3 Å². The number of hydrogen-bond acceptors (Lipinski definition) is 6. The summed E-state index contributed by atoms with van der Waals surface area (Å²) in [5, 5.41) is 7.11. The summed E-state index contributed by atoms with van der Waals surface area (Å²) in [5.74, 6) is -0.180. The van der Waals surface area contributed by atoms with Crippen molar-refractivity contribution in [2.45, 2.75) is 104 Å². The molecule has 0 bridgehead atoms. The van der Waals surface area contributed by atoms with E-state index in [1.165, 1.54) is 12.1 Å². The van der Waals surface area contributed by atoms with Crippen LogP contribution >= 0.6 is 0 Å². The second-order valence-electron chi connectivity index (χ2n) is 16.1. The van der Waals surface area contributed by atoms with E-state index in [1.807, 2.05) is 75.7 Å². The molecular formula is C41H50F2N4O5Si. The lowest BCUT2D eigenvalue weighted by atomic mass is 9.97. The van der Waals surface area contributed by atoms with E-state index in [0.29, 0.717) is 24.2 Å². The highest BCUT2D eigenvalue weighted by atomic mass is 28.4. The minimum Gasteiger partial charge on any atom is -0.444 e. The molecule has 6 rings (SSSR count). The van der Waals surface area contributed by atoms with Gasteiger partial charge in [0.2, 0.25) is 0 Å². The standard InChI is InChI=1S/C41H50F2N4O5Si/c1-27-23-35-34(25-45(27)39(49)52-40(3,4)5)36-37(48)46(28(2)29-19-21-31(22-20-29)51-38(42)43)24-30(47(36)44-35)26-50-53(41(6,7)8,32-15-11-9-12-16-32)33-17-13-10-14-18-33/h9-22,27-28,30,38H,23-26H2,1-8H3/t27-,28?,30+/m1/s1. The molecule has 12 heteroatoms. The Labute approximate surface area is 312 Å². The maximum atomic E-state index is 14.7. The number of carbonyl (C=O) groups excluding carboxylic acids is 2. The van der Waals surface area contributed by atoms with Crippen molar-refractivity contribution in [3.8, 4) is 5.75 Å². The summed E-state index contributed by atoms with van der Waals surface area (Å²) < 4.78 is 45.4. The van der Waals surface area contributed by atoms with Gasteiger partial charge in [0.1, 0.15) is 17.0 Å². The van der Waals surface area contributed by atoms with Gasteiger partial charge in [-0.15, -0.1) is 0 Å². The molecule has 4 aromatic rings. The summed E-state index contributed by atoms with van der Waals surface area (Å²) in [5.41, 5.74) is 1.98. The molecule has 0 saturated carbocycles. The monoisotopic (exact) mass is 744 g/mol. The number of amides is 2. The van der Waals surface area contributed by atoms with Gasteiger partial charge < -0.3 is 23.7 Å². The molecule has 282 valence electrons. The van der Waals surface area contributed by atoms with E-state index in [4.69, 9.17) is 14.3 Å². The maximum absolute atomic E-state index is 14.7. The van der Waals surface area contributed by atoms with Gasteiger partial charge in [0.25, 0.3) is 14.2 Å². The number of benzene rings is 3. The molecule has 2 aliphatic heterocycles. The number of aromatic nitrogens is 2. The molecule has 9 nitrogen and oxygen atoms in total. The van der Waals surface area contributed by atoms with Gasteiger partial charge in [-0.2, -0.15) is 13.9 Å². The fourth-order valence-electron chi connectivity index (χ4n) is 7.69. The molecule has 2 aliphatic rings. The van der Waals surface area contributed by atoms with E-state index in [2.05, 4.69) is 49.8 Å². The number of ether oxygens (including phenoxy) is 2. The number of alkyl halides is 2. The van der Waals surface area contributed by atoms with Gasteiger partial charge in [0.05, 0.1) is 30.9 Å². The van der Waals surface area contributed by atoms with Crippen molar-refractivity contribution >= 4 is 30.7 Å². The van der Waals surface area contributed by atoms with Crippen LogP contribution in [0.15, 0.2) is 84.9 Å². The first kappa shape index (κ1) is 38.2. The second-order valence-corrected chi connectivity index (χ2v) is 20.4. The molecule has 0 N–H and O–H groups in total. The highest BCUT2D eigenvalue weighted by molar-refractivity contribution is 6.99. The van der Waals surface area contributed by atoms with Crippen LogP contribution in [-0.4, -0.2) is 71.3 Å². The SMILES string of the molecule is CC(c1ccc(OC(F)F)cc1)N1C[C@@H](CO[Si](c2ccccc2)(c2ccccc2)C(C)(C)C)n2nc3c(c2C1=O)CN(C(=O)OC(C)(C)C)[C@H](C)C3.